The number of aryl methyl sites for hydroxylation is 1. The van der Waals surface area contributed by atoms with E-state index >= 15 is 0 Å². The van der Waals surface area contributed by atoms with Crippen molar-refractivity contribution < 1.29 is 31.5 Å². The number of hydrogen-bond donors (Lipinski definition) is 3. The van der Waals surface area contributed by atoms with Gasteiger partial charge in [-0.2, -0.15) is 18.3 Å². The Morgan fingerprint density at radius 1 is 1.05 bits per heavy atom. The van der Waals surface area contributed by atoms with Crippen LogP contribution in [0.3, 0.4) is 0 Å². The highest BCUT2D eigenvalue weighted by Gasteiger charge is 2.44. The van der Waals surface area contributed by atoms with Gasteiger partial charge in [0.2, 0.25) is 10.0 Å². The van der Waals surface area contributed by atoms with E-state index in [1.54, 1.807) is 30.3 Å². The topological polar surface area (TPSA) is 117 Å². The maximum absolute atomic E-state index is 13.5. The van der Waals surface area contributed by atoms with Gasteiger partial charge in [-0.1, -0.05) is 0 Å². The van der Waals surface area contributed by atoms with Gasteiger partial charge in [0, 0.05) is 24.2 Å². The molecule has 1 aromatic heterocycles. The smallest absolute Gasteiger partial charge is 0.390 e. The molecule has 39 heavy (non-hydrogen) atoms. The molecule has 210 valence electrons. The number of benzene rings is 2. The van der Waals surface area contributed by atoms with Crippen LogP contribution in [-0.4, -0.2) is 60.8 Å². The number of nitrogens with zero attached hydrogens (tertiary/aromatic N) is 3. The van der Waals surface area contributed by atoms with Crippen LogP contribution in [0.15, 0.2) is 42.6 Å². The number of nitrogens with one attached hydrogen (secondary N) is 2. The second-order valence-electron chi connectivity index (χ2n) is 10.3. The summed E-state index contributed by atoms with van der Waals surface area (Å²) in [5, 5.41) is 16.6. The minimum Gasteiger partial charge on any atom is -0.395 e. The van der Waals surface area contributed by atoms with E-state index < -0.39 is 40.9 Å². The van der Waals surface area contributed by atoms with Crippen LogP contribution in [0.4, 0.5) is 30.2 Å². The first-order valence-corrected chi connectivity index (χ1v) is 14.5. The highest BCUT2D eigenvalue weighted by atomic mass is 32.2. The fourth-order valence-corrected chi connectivity index (χ4v) is 5.88. The van der Waals surface area contributed by atoms with Crippen molar-refractivity contribution in [2.24, 2.45) is 5.41 Å². The van der Waals surface area contributed by atoms with Gasteiger partial charge in [0.05, 0.1) is 54.0 Å². The number of hydrogen-bond acceptors (Lipinski definition) is 6. The number of anilines is 3. The predicted octanol–water partition coefficient (Wildman–Crippen LogP) is 4.36. The summed E-state index contributed by atoms with van der Waals surface area (Å²) in [5.41, 5.74) is 2.48. The monoisotopic (exact) mass is 565 g/mol. The van der Waals surface area contributed by atoms with Crippen molar-refractivity contribution >= 4 is 43.9 Å². The molecule has 1 aliphatic carbocycles. The molecule has 1 aliphatic heterocycles. The molecule has 2 aliphatic rings. The van der Waals surface area contributed by atoms with E-state index in [1.807, 2.05) is 0 Å². The van der Waals surface area contributed by atoms with Gasteiger partial charge in [-0.25, -0.2) is 8.42 Å². The molecule has 13 heteroatoms. The normalized spacial score (nSPS) is 17.0. The Morgan fingerprint density at radius 3 is 2.44 bits per heavy atom. The number of fused-ring (bicyclic) bond motifs is 1. The van der Waals surface area contributed by atoms with Gasteiger partial charge in [0.15, 0.2) is 0 Å². The Balaban J connectivity index is 1.40. The Hall–Kier alpha value is -3.32. The van der Waals surface area contributed by atoms with Gasteiger partial charge >= 0.3 is 6.18 Å². The summed E-state index contributed by atoms with van der Waals surface area (Å²) in [6, 6.07) is 9.60. The number of rotatable bonds is 9. The second kappa shape index (κ2) is 10.3. The standard InChI is InChI=1S/C26H30F3N5O4S/c27-26(28,29)9-12-34-22-15-19(2-1-18(22)17-30-34)31-24(36)21-4-3-20(32-39(37,38)14-13-35)16-23(21)33-10-7-25(5-6-25)8-11-33/h1-4,15-17,32,35H,5-14H2,(H,31,36). The quantitative estimate of drug-likeness (QED) is 0.355. The maximum Gasteiger partial charge on any atom is 0.390 e. The first-order chi connectivity index (χ1) is 18.5. The molecule has 1 saturated carbocycles. The lowest BCUT2D eigenvalue weighted by atomic mass is 9.93. The predicted molar refractivity (Wildman–Crippen MR) is 142 cm³/mol. The molecule has 3 N–H and O–H groups in total. The summed E-state index contributed by atoms with van der Waals surface area (Å²) in [7, 11) is -3.75. The fourth-order valence-electron chi connectivity index (χ4n) is 5.06. The molecule has 3 aromatic rings. The molecule has 9 nitrogen and oxygen atoms in total. The van der Waals surface area contributed by atoms with E-state index in [-0.39, 0.29) is 12.2 Å². The zero-order chi connectivity index (χ0) is 27.8. The third kappa shape index (κ3) is 6.47. The number of aromatic nitrogens is 2. The van der Waals surface area contributed by atoms with E-state index in [0.717, 1.165) is 25.9 Å². The number of aliphatic hydroxyl groups excluding tert-OH is 1. The van der Waals surface area contributed by atoms with E-state index in [0.29, 0.717) is 33.3 Å². The summed E-state index contributed by atoms with van der Waals surface area (Å²) in [6.45, 7) is 0.615. The molecule has 0 unspecified atom stereocenters. The molecule has 0 atom stereocenters. The number of amides is 1. The summed E-state index contributed by atoms with van der Waals surface area (Å²) >= 11 is 0. The first-order valence-electron chi connectivity index (χ1n) is 12.8. The van der Waals surface area contributed by atoms with Crippen LogP contribution in [-0.2, 0) is 16.6 Å². The van der Waals surface area contributed by atoms with Gasteiger partial charge in [-0.3, -0.25) is 14.2 Å². The SMILES string of the molecule is O=C(Nc1ccc2cnn(CCC(F)(F)F)c2c1)c1ccc(NS(=O)(=O)CCO)cc1N1CCC2(CC1)CC2. The third-order valence-electron chi connectivity index (χ3n) is 7.51. The van der Waals surface area contributed by atoms with Gasteiger partial charge in [0.25, 0.3) is 5.91 Å². The lowest BCUT2D eigenvalue weighted by Gasteiger charge is -2.35. The van der Waals surface area contributed by atoms with Gasteiger partial charge in [-0.05, 0) is 67.5 Å². The van der Waals surface area contributed by atoms with Gasteiger partial charge < -0.3 is 15.3 Å². The van der Waals surface area contributed by atoms with Crippen LogP contribution in [0.25, 0.3) is 10.9 Å². The number of piperidine rings is 1. The second-order valence-corrected chi connectivity index (χ2v) is 12.2. The minimum absolute atomic E-state index is 0.289. The first kappa shape index (κ1) is 27.3. The minimum atomic E-state index is -4.31. The van der Waals surface area contributed by atoms with Crippen molar-refractivity contribution in [3.05, 3.63) is 48.2 Å². The summed E-state index contributed by atoms with van der Waals surface area (Å²) in [4.78, 5) is 15.5. The number of carbonyl (C=O) groups excluding carboxylic acids is 1. The third-order valence-corrected chi connectivity index (χ3v) is 8.77. The van der Waals surface area contributed by atoms with Crippen molar-refractivity contribution in [2.75, 3.05) is 40.4 Å². The highest BCUT2D eigenvalue weighted by Crippen LogP contribution is 2.54. The molecule has 2 fully saturated rings. The fraction of sp³-hybridized carbons (Fsp3) is 0.462. The molecule has 5 rings (SSSR count). The zero-order valence-electron chi connectivity index (χ0n) is 21.2. The molecular formula is C26H30F3N5O4S. The molecule has 2 heterocycles. The maximum atomic E-state index is 13.5. The Labute approximate surface area is 224 Å². The van der Waals surface area contributed by atoms with Crippen molar-refractivity contribution in [1.29, 1.82) is 0 Å². The summed E-state index contributed by atoms with van der Waals surface area (Å²) in [5.74, 6) is -0.874. The van der Waals surface area contributed by atoms with Crippen molar-refractivity contribution in [3.8, 4) is 0 Å². The lowest BCUT2D eigenvalue weighted by molar-refractivity contribution is -0.137. The molecular weight excluding hydrogens is 535 g/mol. The average Bonchev–Trinajstić information content (AvgIpc) is 3.49. The average molecular weight is 566 g/mol. The number of carbonyl (C=O) groups is 1. The van der Waals surface area contributed by atoms with Gasteiger partial charge in [0.1, 0.15) is 0 Å². The number of sulfonamides is 1. The highest BCUT2D eigenvalue weighted by molar-refractivity contribution is 7.92. The molecule has 1 spiro atoms. The Bertz CT molecular complexity index is 1470. The van der Waals surface area contributed by atoms with Crippen LogP contribution in [0.1, 0.15) is 42.5 Å². The van der Waals surface area contributed by atoms with E-state index in [2.05, 4.69) is 20.0 Å². The number of aliphatic hydroxyl groups is 1. The molecule has 2 aromatic carbocycles. The van der Waals surface area contributed by atoms with E-state index in [1.165, 1.54) is 29.8 Å². The molecule has 0 radical (unpaired) electrons. The molecule has 0 bridgehead atoms. The number of alkyl halides is 3. The van der Waals surface area contributed by atoms with E-state index in [9.17, 15) is 26.4 Å². The van der Waals surface area contributed by atoms with Crippen LogP contribution < -0.4 is 14.9 Å². The summed E-state index contributed by atoms with van der Waals surface area (Å²) < 4.78 is 66.4. The summed E-state index contributed by atoms with van der Waals surface area (Å²) in [6.07, 6.45) is 0.547. The van der Waals surface area contributed by atoms with Crippen molar-refractivity contribution in [2.45, 2.75) is 44.8 Å². The van der Waals surface area contributed by atoms with Crippen LogP contribution >= 0.6 is 0 Å². The van der Waals surface area contributed by atoms with Crippen molar-refractivity contribution in [3.63, 3.8) is 0 Å². The molecule has 1 amide bonds. The van der Waals surface area contributed by atoms with Crippen LogP contribution in [0, 0.1) is 5.41 Å². The Morgan fingerprint density at radius 2 is 1.77 bits per heavy atom. The largest absolute Gasteiger partial charge is 0.395 e. The van der Waals surface area contributed by atoms with Crippen molar-refractivity contribution in [1.82, 2.24) is 9.78 Å². The van der Waals surface area contributed by atoms with E-state index in [4.69, 9.17) is 5.11 Å². The lowest BCUT2D eigenvalue weighted by Crippen LogP contribution is -2.35. The zero-order valence-corrected chi connectivity index (χ0v) is 22.0. The Kier molecular flexibility index (Phi) is 7.23. The van der Waals surface area contributed by atoms with Crippen LogP contribution in [0.2, 0.25) is 0 Å². The molecule has 1 saturated heterocycles. The number of halogens is 3. The van der Waals surface area contributed by atoms with Crippen LogP contribution in [0.5, 0.6) is 0 Å². The van der Waals surface area contributed by atoms with Gasteiger partial charge in [-0.15, -0.1) is 0 Å².